The first-order chi connectivity index (χ1) is 14.7. The van der Waals surface area contributed by atoms with Gasteiger partial charge in [-0.3, -0.25) is 4.79 Å². The average molecular weight is 407 g/mol. The molecule has 30 heavy (non-hydrogen) atoms. The number of amides is 1. The lowest BCUT2D eigenvalue weighted by Crippen LogP contribution is -2.45. The second-order valence-electron chi connectivity index (χ2n) is 9.04. The molecule has 0 aromatic heterocycles. The molecular weight excluding hydrogens is 372 g/mol. The van der Waals surface area contributed by atoms with E-state index in [0.717, 1.165) is 48.8 Å². The lowest BCUT2D eigenvalue weighted by Gasteiger charge is -2.38. The molecule has 1 unspecified atom stereocenters. The van der Waals surface area contributed by atoms with E-state index in [1.165, 1.54) is 32.4 Å². The summed E-state index contributed by atoms with van der Waals surface area (Å²) in [5.74, 6) is 2.50. The zero-order chi connectivity index (χ0) is 20.8. The van der Waals surface area contributed by atoms with E-state index in [-0.39, 0.29) is 5.91 Å². The molecule has 0 radical (unpaired) electrons. The van der Waals surface area contributed by atoms with Crippen LogP contribution in [0.3, 0.4) is 0 Å². The molecule has 0 N–H and O–H groups in total. The van der Waals surface area contributed by atoms with Gasteiger partial charge in [-0.1, -0.05) is 37.3 Å². The van der Waals surface area contributed by atoms with Crippen molar-refractivity contribution in [2.75, 3.05) is 32.7 Å². The minimum Gasteiger partial charge on any atom is -0.489 e. The van der Waals surface area contributed by atoms with Gasteiger partial charge in [0.2, 0.25) is 0 Å². The lowest BCUT2D eigenvalue weighted by molar-refractivity contribution is 0.0622. The van der Waals surface area contributed by atoms with Gasteiger partial charge in [-0.05, 0) is 80.4 Å². The fourth-order valence-electron chi connectivity index (χ4n) is 4.62. The van der Waals surface area contributed by atoms with Gasteiger partial charge in [-0.15, -0.1) is 0 Å². The second kappa shape index (κ2) is 10.1. The van der Waals surface area contributed by atoms with E-state index in [1.807, 2.05) is 54.6 Å². The number of hydrogen-bond donors (Lipinski definition) is 0. The number of nitrogens with zero attached hydrogens (tertiary/aromatic N) is 2. The number of likely N-dealkylation sites (tertiary alicyclic amines) is 2. The number of carbonyl (C=O) groups is 1. The van der Waals surface area contributed by atoms with Gasteiger partial charge in [0, 0.05) is 25.2 Å². The third-order valence-corrected chi connectivity index (χ3v) is 6.55. The Hall–Kier alpha value is -2.33. The summed E-state index contributed by atoms with van der Waals surface area (Å²) < 4.78 is 5.80. The summed E-state index contributed by atoms with van der Waals surface area (Å²) in [6.45, 7) is 8.23. The zero-order valence-corrected chi connectivity index (χ0v) is 18.1. The van der Waals surface area contributed by atoms with E-state index < -0.39 is 0 Å². The van der Waals surface area contributed by atoms with Crippen LogP contribution in [0, 0.1) is 11.8 Å². The Morgan fingerprint density at radius 2 is 1.70 bits per heavy atom. The minimum absolute atomic E-state index is 0.169. The molecule has 2 saturated heterocycles. The van der Waals surface area contributed by atoms with Crippen molar-refractivity contribution in [3.63, 3.8) is 0 Å². The second-order valence-corrected chi connectivity index (χ2v) is 9.04. The predicted octanol–water partition coefficient (Wildman–Crippen LogP) is 4.85. The average Bonchev–Trinajstić information content (AvgIpc) is 2.80. The van der Waals surface area contributed by atoms with Crippen molar-refractivity contribution in [1.82, 2.24) is 9.80 Å². The van der Waals surface area contributed by atoms with E-state index in [2.05, 4.69) is 16.7 Å². The van der Waals surface area contributed by atoms with Crippen LogP contribution < -0.4 is 4.74 Å². The first-order valence-electron chi connectivity index (χ1n) is 11.5. The molecular formula is C26H34N2O2. The van der Waals surface area contributed by atoms with Crippen LogP contribution in [0.25, 0.3) is 0 Å². The standard InChI is InChI=1S/C26H34N2O2/c1-21-13-16-27(17-14-21)18-23-6-5-15-28(19-23)26(29)24-11-9-22(10-12-24)20-30-25-7-3-2-4-8-25/h2-4,7-12,21,23H,5-6,13-20H2,1H3. The van der Waals surface area contributed by atoms with E-state index >= 15 is 0 Å². The summed E-state index contributed by atoms with van der Waals surface area (Å²) in [4.78, 5) is 17.7. The predicted molar refractivity (Wildman–Crippen MR) is 121 cm³/mol. The summed E-state index contributed by atoms with van der Waals surface area (Å²) in [5.41, 5.74) is 1.86. The van der Waals surface area contributed by atoms with E-state index in [0.29, 0.717) is 12.5 Å². The van der Waals surface area contributed by atoms with Crippen molar-refractivity contribution >= 4 is 5.91 Å². The molecule has 2 aliphatic heterocycles. The Morgan fingerprint density at radius 1 is 0.967 bits per heavy atom. The van der Waals surface area contributed by atoms with E-state index in [4.69, 9.17) is 4.74 Å². The summed E-state index contributed by atoms with van der Waals surface area (Å²) >= 11 is 0. The molecule has 2 heterocycles. The summed E-state index contributed by atoms with van der Waals surface area (Å²) in [6.07, 6.45) is 4.99. The lowest BCUT2D eigenvalue weighted by atomic mass is 9.94. The monoisotopic (exact) mass is 406 g/mol. The van der Waals surface area contributed by atoms with E-state index in [1.54, 1.807) is 0 Å². The first kappa shape index (κ1) is 20.9. The molecule has 2 aliphatic rings. The quantitative estimate of drug-likeness (QED) is 0.687. The summed E-state index contributed by atoms with van der Waals surface area (Å²) in [6, 6.07) is 17.7. The van der Waals surface area contributed by atoms with Crippen LogP contribution in [0.1, 0.15) is 48.5 Å². The van der Waals surface area contributed by atoms with Crippen LogP contribution in [0.5, 0.6) is 5.75 Å². The molecule has 0 aliphatic carbocycles. The molecule has 0 saturated carbocycles. The maximum atomic E-state index is 13.1. The number of rotatable bonds is 6. The topological polar surface area (TPSA) is 32.8 Å². The van der Waals surface area contributed by atoms with Gasteiger partial charge >= 0.3 is 0 Å². The molecule has 2 fully saturated rings. The van der Waals surface area contributed by atoms with Crippen LogP contribution in [-0.4, -0.2) is 48.4 Å². The van der Waals surface area contributed by atoms with Gasteiger partial charge in [0.1, 0.15) is 12.4 Å². The van der Waals surface area contributed by atoms with E-state index in [9.17, 15) is 4.79 Å². The van der Waals surface area contributed by atoms with Gasteiger partial charge < -0.3 is 14.5 Å². The molecule has 4 nitrogen and oxygen atoms in total. The fraction of sp³-hybridized carbons (Fsp3) is 0.500. The highest BCUT2D eigenvalue weighted by atomic mass is 16.5. The molecule has 1 amide bonds. The largest absolute Gasteiger partial charge is 0.489 e. The van der Waals surface area contributed by atoms with Gasteiger partial charge in [0.15, 0.2) is 0 Å². The van der Waals surface area contributed by atoms with Crippen molar-refractivity contribution in [2.45, 2.75) is 39.2 Å². The molecule has 0 spiro atoms. The Kier molecular flexibility index (Phi) is 7.06. The molecule has 4 rings (SSSR count). The maximum absolute atomic E-state index is 13.1. The van der Waals surface area contributed by atoms with Gasteiger partial charge in [0.05, 0.1) is 0 Å². The highest BCUT2D eigenvalue weighted by Gasteiger charge is 2.27. The minimum atomic E-state index is 0.169. The maximum Gasteiger partial charge on any atom is 0.253 e. The van der Waals surface area contributed by atoms with Crippen molar-refractivity contribution in [3.8, 4) is 5.75 Å². The Morgan fingerprint density at radius 3 is 2.43 bits per heavy atom. The van der Waals surface area contributed by atoms with Crippen LogP contribution >= 0.6 is 0 Å². The molecule has 4 heteroatoms. The number of hydrogen-bond acceptors (Lipinski definition) is 3. The summed E-state index contributed by atoms with van der Waals surface area (Å²) in [5, 5.41) is 0. The number of piperidine rings is 2. The molecule has 1 atom stereocenters. The SMILES string of the molecule is CC1CCN(CC2CCCN(C(=O)c3ccc(COc4ccccc4)cc3)C2)CC1. The number of para-hydroxylation sites is 1. The highest BCUT2D eigenvalue weighted by Crippen LogP contribution is 2.23. The Labute approximate surface area is 180 Å². The zero-order valence-electron chi connectivity index (χ0n) is 18.1. The van der Waals surface area contributed by atoms with Crippen molar-refractivity contribution < 1.29 is 9.53 Å². The molecule has 2 aromatic carbocycles. The normalized spacial score (nSPS) is 20.8. The first-order valence-corrected chi connectivity index (χ1v) is 11.5. The van der Waals surface area contributed by atoms with Gasteiger partial charge in [-0.25, -0.2) is 0 Å². The van der Waals surface area contributed by atoms with Crippen LogP contribution in [0.15, 0.2) is 54.6 Å². The molecule has 160 valence electrons. The fourth-order valence-corrected chi connectivity index (χ4v) is 4.62. The number of ether oxygens (including phenoxy) is 1. The van der Waals surface area contributed by atoms with Crippen LogP contribution in [0.4, 0.5) is 0 Å². The third-order valence-electron chi connectivity index (χ3n) is 6.55. The van der Waals surface area contributed by atoms with Gasteiger partial charge in [0.25, 0.3) is 5.91 Å². The van der Waals surface area contributed by atoms with Crippen LogP contribution in [-0.2, 0) is 6.61 Å². The Balaban J connectivity index is 1.28. The molecule has 2 aromatic rings. The third kappa shape index (κ3) is 5.63. The highest BCUT2D eigenvalue weighted by molar-refractivity contribution is 5.94. The van der Waals surface area contributed by atoms with Crippen LogP contribution in [0.2, 0.25) is 0 Å². The summed E-state index contributed by atoms with van der Waals surface area (Å²) in [7, 11) is 0. The van der Waals surface area contributed by atoms with Crippen molar-refractivity contribution in [2.24, 2.45) is 11.8 Å². The smallest absolute Gasteiger partial charge is 0.253 e. The Bertz CT molecular complexity index is 798. The number of carbonyl (C=O) groups excluding carboxylic acids is 1. The van der Waals surface area contributed by atoms with Crippen molar-refractivity contribution in [1.29, 1.82) is 0 Å². The number of benzene rings is 2. The molecule has 0 bridgehead atoms. The van der Waals surface area contributed by atoms with Gasteiger partial charge in [-0.2, -0.15) is 0 Å². The van der Waals surface area contributed by atoms with Crippen molar-refractivity contribution in [3.05, 3.63) is 65.7 Å².